The Hall–Kier alpha value is -3.00. The summed E-state index contributed by atoms with van der Waals surface area (Å²) in [4.78, 5) is 0.650. The van der Waals surface area contributed by atoms with Gasteiger partial charge in [-0.15, -0.1) is 10.2 Å². The van der Waals surface area contributed by atoms with Crippen LogP contribution in [-0.2, 0) is 0 Å². The van der Waals surface area contributed by atoms with Crippen LogP contribution in [0.4, 0.5) is 4.39 Å². The molecule has 6 nitrogen and oxygen atoms in total. The van der Waals surface area contributed by atoms with Crippen molar-refractivity contribution in [2.24, 2.45) is 0 Å². The Morgan fingerprint density at radius 2 is 1.84 bits per heavy atom. The van der Waals surface area contributed by atoms with Crippen LogP contribution in [0, 0.1) is 5.82 Å². The van der Waals surface area contributed by atoms with Crippen LogP contribution >= 0.6 is 11.3 Å². The lowest BCUT2D eigenvalue weighted by Gasteiger charge is -2.24. The Balaban J connectivity index is 1.51. The third-order valence-electron chi connectivity index (χ3n) is 3.90. The van der Waals surface area contributed by atoms with Crippen LogP contribution in [-0.4, -0.2) is 26.4 Å². The molecule has 1 aliphatic rings. The Morgan fingerprint density at radius 3 is 2.68 bits per heavy atom. The number of para-hydroxylation sites is 2. The lowest BCUT2D eigenvalue weighted by atomic mass is 10.2. The normalized spacial score (nSPS) is 16.3. The maximum Gasteiger partial charge on any atom is 0.235 e. The molecule has 124 valence electrons. The van der Waals surface area contributed by atoms with Crippen molar-refractivity contribution in [2.75, 3.05) is 6.61 Å². The van der Waals surface area contributed by atoms with E-state index in [1.165, 1.54) is 23.5 Å². The molecule has 25 heavy (non-hydrogen) atoms. The third kappa shape index (κ3) is 2.42. The molecule has 0 unspecified atom stereocenters. The fourth-order valence-corrected chi connectivity index (χ4v) is 3.54. The summed E-state index contributed by atoms with van der Waals surface area (Å²) >= 11 is 1.39. The largest absolute Gasteiger partial charge is 0.485 e. The first-order valence-corrected chi connectivity index (χ1v) is 8.46. The molecule has 0 saturated heterocycles. The van der Waals surface area contributed by atoms with Gasteiger partial charge in [0.1, 0.15) is 17.4 Å². The molecule has 1 atom stereocenters. The van der Waals surface area contributed by atoms with E-state index in [4.69, 9.17) is 9.47 Å². The fourth-order valence-electron chi connectivity index (χ4n) is 2.69. The van der Waals surface area contributed by atoms with E-state index in [1.807, 2.05) is 24.3 Å². The van der Waals surface area contributed by atoms with Gasteiger partial charge in [0.2, 0.25) is 4.96 Å². The summed E-state index contributed by atoms with van der Waals surface area (Å²) in [5.74, 6) is 1.68. The van der Waals surface area contributed by atoms with Crippen LogP contribution in [0.15, 0.2) is 48.5 Å². The highest BCUT2D eigenvalue weighted by molar-refractivity contribution is 7.19. The number of aromatic nitrogens is 4. The van der Waals surface area contributed by atoms with Crippen LogP contribution in [0.1, 0.15) is 11.9 Å². The Kier molecular flexibility index (Phi) is 3.17. The van der Waals surface area contributed by atoms with E-state index >= 15 is 0 Å². The predicted molar refractivity (Wildman–Crippen MR) is 89.4 cm³/mol. The van der Waals surface area contributed by atoms with E-state index in [9.17, 15) is 4.39 Å². The van der Waals surface area contributed by atoms with Gasteiger partial charge in [-0.3, -0.25) is 0 Å². The van der Waals surface area contributed by atoms with Crippen molar-refractivity contribution < 1.29 is 13.9 Å². The number of halogens is 1. The molecule has 8 heteroatoms. The molecule has 0 spiro atoms. The zero-order valence-electron chi connectivity index (χ0n) is 12.8. The second kappa shape index (κ2) is 5.52. The standard InChI is InChI=1S/C17H11FN4O2S/c18-11-7-5-10(6-8-11)16-21-22-15(19-20-17(22)25-16)14-9-23-12-3-1-2-4-13(12)24-14/h1-8,14H,9H2/t14-/m0/s1. The quantitative estimate of drug-likeness (QED) is 0.551. The van der Waals surface area contributed by atoms with Gasteiger partial charge in [-0.1, -0.05) is 23.5 Å². The second-order valence-electron chi connectivity index (χ2n) is 5.53. The van der Waals surface area contributed by atoms with Crippen LogP contribution in [0.2, 0.25) is 0 Å². The fraction of sp³-hybridized carbons (Fsp3) is 0.118. The topological polar surface area (TPSA) is 61.5 Å². The smallest absolute Gasteiger partial charge is 0.235 e. The van der Waals surface area contributed by atoms with Crippen molar-refractivity contribution in [1.29, 1.82) is 0 Å². The monoisotopic (exact) mass is 354 g/mol. The van der Waals surface area contributed by atoms with Crippen molar-refractivity contribution in [3.63, 3.8) is 0 Å². The molecule has 2 aromatic carbocycles. The molecule has 1 aliphatic heterocycles. The van der Waals surface area contributed by atoms with E-state index in [0.717, 1.165) is 10.6 Å². The molecule has 0 bridgehead atoms. The van der Waals surface area contributed by atoms with Gasteiger partial charge in [-0.05, 0) is 36.4 Å². The molecule has 2 aromatic heterocycles. The van der Waals surface area contributed by atoms with Crippen molar-refractivity contribution in [3.8, 4) is 22.1 Å². The predicted octanol–water partition coefficient (Wildman–Crippen LogP) is 3.50. The van der Waals surface area contributed by atoms with Gasteiger partial charge in [-0.25, -0.2) is 4.39 Å². The summed E-state index contributed by atoms with van der Waals surface area (Å²) < 4.78 is 26.5. The van der Waals surface area contributed by atoms with Crippen LogP contribution in [0.3, 0.4) is 0 Å². The number of benzene rings is 2. The van der Waals surface area contributed by atoms with Gasteiger partial charge in [0.05, 0.1) is 0 Å². The lowest BCUT2D eigenvalue weighted by molar-refractivity contribution is 0.0836. The van der Waals surface area contributed by atoms with Crippen molar-refractivity contribution in [1.82, 2.24) is 19.8 Å². The van der Waals surface area contributed by atoms with Gasteiger partial charge in [0, 0.05) is 5.56 Å². The summed E-state index contributed by atoms with van der Waals surface area (Å²) in [5, 5.41) is 13.7. The molecule has 0 aliphatic carbocycles. The van der Waals surface area contributed by atoms with E-state index in [-0.39, 0.29) is 5.82 Å². The Morgan fingerprint density at radius 1 is 1.04 bits per heavy atom. The molecular formula is C17H11FN4O2S. The molecule has 3 heterocycles. The highest BCUT2D eigenvalue weighted by Gasteiger charge is 2.28. The SMILES string of the molecule is Fc1ccc(-c2nn3c([C@@H]4COc5ccccc5O4)nnc3s2)cc1. The van der Waals surface area contributed by atoms with Crippen LogP contribution in [0.5, 0.6) is 11.5 Å². The highest BCUT2D eigenvalue weighted by atomic mass is 32.1. The number of rotatable bonds is 2. The first-order chi connectivity index (χ1) is 12.3. The molecule has 0 N–H and O–H groups in total. The van der Waals surface area contributed by atoms with Gasteiger partial charge in [-0.2, -0.15) is 9.61 Å². The number of fused-ring (bicyclic) bond motifs is 2. The number of hydrogen-bond donors (Lipinski definition) is 0. The molecule has 0 amide bonds. The minimum atomic E-state index is -0.395. The number of hydrogen-bond acceptors (Lipinski definition) is 6. The Bertz CT molecular complexity index is 1060. The molecule has 0 radical (unpaired) electrons. The van der Waals surface area contributed by atoms with E-state index < -0.39 is 6.10 Å². The van der Waals surface area contributed by atoms with E-state index in [1.54, 1.807) is 16.6 Å². The average molecular weight is 354 g/mol. The molecule has 5 rings (SSSR count). The zero-order chi connectivity index (χ0) is 16.8. The Labute approximate surface area is 145 Å². The minimum absolute atomic E-state index is 0.279. The highest BCUT2D eigenvalue weighted by Crippen LogP contribution is 2.36. The zero-order valence-corrected chi connectivity index (χ0v) is 13.6. The number of nitrogens with zero attached hydrogens (tertiary/aromatic N) is 4. The maximum atomic E-state index is 13.1. The molecule has 4 aromatic rings. The molecular weight excluding hydrogens is 343 g/mol. The number of ether oxygens (including phenoxy) is 2. The minimum Gasteiger partial charge on any atom is -0.485 e. The van der Waals surface area contributed by atoms with E-state index in [2.05, 4.69) is 15.3 Å². The molecule has 0 saturated carbocycles. The lowest BCUT2D eigenvalue weighted by Crippen LogP contribution is -2.23. The van der Waals surface area contributed by atoms with Crippen LogP contribution < -0.4 is 9.47 Å². The second-order valence-corrected chi connectivity index (χ2v) is 6.49. The van der Waals surface area contributed by atoms with Gasteiger partial charge >= 0.3 is 0 Å². The summed E-state index contributed by atoms with van der Waals surface area (Å²) in [6.45, 7) is 0.335. The third-order valence-corrected chi connectivity index (χ3v) is 4.85. The summed E-state index contributed by atoms with van der Waals surface area (Å²) in [6.07, 6.45) is -0.395. The first-order valence-electron chi connectivity index (χ1n) is 7.64. The molecule has 0 fully saturated rings. The van der Waals surface area contributed by atoms with Crippen molar-refractivity contribution in [2.45, 2.75) is 6.10 Å². The summed E-state index contributed by atoms with van der Waals surface area (Å²) in [6, 6.07) is 13.7. The average Bonchev–Trinajstić information content (AvgIpc) is 3.22. The van der Waals surface area contributed by atoms with Gasteiger partial charge < -0.3 is 9.47 Å². The van der Waals surface area contributed by atoms with Crippen LogP contribution in [0.25, 0.3) is 15.5 Å². The first kappa shape index (κ1) is 14.4. The maximum absolute atomic E-state index is 13.1. The summed E-state index contributed by atoms with van der Waals surface area (Å²) in [5.41, 5.74) is 0.828. The van der Waals surface area contributed by atoms with E-state index in [0.29, 0.717) is 28.9 Å². The van der Waals surface area contributed by atoms with Crippen molar-refractivity contribution in [3.05, 3.63) is 60.2 Å². The van der Waals surface area contributed by atoms with Gasteiger partial charge in [0.15, 0.2) is 23.4 Å². The summed E-state index contributed by atoms with van der Waals surface area (Å²) in [7, 11) is 0. The van der Waals surface area contributed by atoms with Crippen molar-refractivity contribution >= 4 is 16.3 Å². The van der Waals surface area contributed by atoms with Gasteiger partial charge in [0.25, 0.3) is 0 Å².